The fraction of sp³-hybridized carbons (Fsp3) is 0.500. The molecule has 2 atom stereocenters. The molecule has 1 rings (SSSR count). The van der Waals surface area contributed by atoms with Crippen LogP contribution in [-0.2, 0) is 0 Å². The SMILES string of the molecule is COc1cc(C)c(C(O)C(C)N)c(O)c1C. The van der Waals surface area contributed by atoms with E-state index >= 15 is 0 Å². The van der Waals surface area contributed by atoms with Gasteiger partial charge in [0, 0.05) is 17.2 Å². The van der Waals surface area contributed by atoms with Crippen molar-refractivity contribution in [2.75, 3.05) is 7.11 Å². The maximum Gasteiger partial charge on any atom is 0.128 e. The second kappa shape index (κ2) is 4.72. The molecule has 0 aliphatic rings. The molecule has 2 unspecified atom stereocenters. The van der Waals surface area contributed by atoms with Crippen LogP contribution < -0.4 is 10.5 Å². The van der Waals surface area contributed by atoms with Gasteiger partial charge in [-0.15, -0.1) is 0 Å². The van der Waals surface area contributed by atoms with E-state index in [4.69, 9.17) is 10.5 Å². The smallest absolute Gasteiger partial charge is 0.128 e. The molecule has 1 aromatic carbocycles. The van der Waals surface area contributed by atoms with Gasteiger partial charge in [-0.1, -0.05) is 0 Å². The monoisotopic (exact) mass is 225 g/mol. The van der Waals surface area contributed by atoms with Gasteiger partial charge in [-0.2, -0.15) is 0 Å². The fourth-order valence-corrected chi connectivity index (χ4v) is 1.74. The highest BCUT2D eigenvalue weighted by molar-refractivity contribution is 5.53. The number of rotatable bonds is 3. The van der Waals surface area contributed by atoms with Gasteiger partial charge in [-0.3, -0.25) is 0 Å². The first-order chi connectivity index (χ1) is 7.40. The molecule has 0 saturated carbocycles. The van der Waals surface area contributed by atoms with Crippen LogP contribution in [0.2, 0.25) is 0 Å². The molecule has 4 nitrogen and oxygen atoms in total. The average molecular weight is 225 g/mol. The lowest BCUT2D eigenvalue weighted by molar-refractivity contribution is 0.149. The maximum absolute atomic E-state index is 10.0. The summed E-state index contributed by atoms with van der Waals surface area (Å²) in [7, 11) is 1.54. The Morgan fingerprint density at radius 3 is 2.38 bits per heavy atom. The van der Waals surface area contributed by atoms with Crippen molar-refractivity contribution in [3.05, 3.63) is 22.8 Å². The Bertz CT molecular complexity index is 388. The Labute approximate surface area is 95.7 Å². The number of aliphatic hydroxyl groups is 1. The number of ether oxygens (including phenoxy) is 1. The van der Waals surface area contributed by atoms with E-state index in [1.165, 1.54) is 0 Å². The van der Waals surface area contributed by atoms with Crippen molar-refractivity contribution in [2.24, 2.45) is 5.73 Å². The second-order valence-corrected chi connectivity index (χ2v) is 4.09. The van der Waals surface area contributed by atoms with Gasteiger partial charge in [0.1, 0.15) is 11.5 Å². The standard InChI is InChI=1S/C12H19NO3/c1-6-5-9(16-4)7(2)11(14)10(6)12(15)8(3)13/h5,8,12,14-15H,13H2,1-4H3. The highest BCUT2D eigenvalue weighted by Gasteiger charge is 2.22. The molecule has 0 bridgehead atoms. The minimum absolute atomic E-state index is 0.0571. The van der Waals surface area contributed by atoms with E-state index in [1.54, 1.807) is 27.0 Å². The van der Waals surface area contributed by atoms with E-state index in [0.29, 0.717) is 16.9 Å². The van der Waals surface area contributed by atoms with Crippen LogP contribution in [0.1, 0.15) is 29.7 Å². The fourth-order valence-electron chi connectivity index (χ4n) is 1.74. The van der Waals surface area contributed by atoms with Crippen LogP contribution in [0.4, 0.5) is 0 Å². The Morgan fingerprint density at radius 1 is 1.38 bits per heavy atom. The van der Waals surface area contributed by atoms with Crippen LogP contribution >= 0.6 is 0 Å². The number of hydrogen-bond donors (Lipinski definition) is 3. The van der Waals surface area contributed by atoms with Crippen LogP contribution in [0.3, 0.4) is 0 Å². The van der Waals surface area contributed by atoms with Crippen molar-refractivity contribution < 1.29 is 14.9 Å². The molecular weight excluding hydrogens is 206 g/mol. The molecule has 90 valence electrons. The van der Waals surface area contributed by atoms with E-state index in [-0.39, 0.29) is 5.75 Å². The zero-order valence-electron chi connectivity index (χ0n) is 10.1. The second-order valence-electron chi connectivity index (χ2n) is 4.09. The summed E-state index contributed by atoms with van der Waals surface area (Å²) in [5.41, 5.74) is 7.50. The lowest BCUT2D eigenvalue weighted by Gasteiger charge is -2.21. The van der Waals surface area contributed by atoms with Gasteiger partial charge in [0.2, 0.25) is 0 Å². The van der Waals surface area contributed by atoms with Crippen LogP contribution in [0.15, 0.2) is 6.07 Å². The van der Waals surface area contributed by atoms with Gasteiger partial charge in [0.25, 0.3) is 0 Å². The highest BCUT2D eigenvalue weighted by Crippen LogP contribution is 2.37. The van der Waals surface area contributed by atoms with Gasteiger partial charge in [-0.25, -0.2) is 0 Å². The quantitative estimate of drug-likeness (QED) is 0.726. The van der Waals surface area contributed by atoms with E-state index < -0.39 is 12.1 Å². The van der Waals surface area contributed by atoms with Crippen LogP contribution in [-0.4, -0.2) is 23.4 Å². The number of hydrogen-bond acceptors (Lipinski definition) is 4. The predicted octanol–water partition coefficient (Wildman–Crippen LogP) is 1.40. The Hall–Kier alpha value is -1.26. The highest BCUT2D eigenvalue weighted by atomic mass is 16.5. The van der Waals surface area contributed by atoms with Gasteiger partial charge in [0.05, 0.1) is 13.2 Å². The molecule has 0 heterocycles. The number of phenols is 1. The van der Waals surface area contributed by atoms with Crippen molar-refractivity contribution in [3.8, 4) is 11.5 Å². The van der Waals surface area contributed by atoms with E-state index in [1.807, 2.05) is 6.92 Å². The summed E-state index contributed by atoms with van der Waals surface area (Å²) in [4.78, 5) is 0. The van der Waals surface area contributed by atoms with Gasteiger partial charge < -0.3 is 20.7 Å². The largest absolute Gasteiger partial charge is 0.507 e. The lowest BCUT2D eigenvalue weighted by Crippen LogP contribution is -2.25. The van der Waals surface area contributed by atoms with Crippen molar-refractivity contribution in [1.29, 1.82) is 0 Å². The van der Waals surface area contributed by atoms with Gasteiger partial charge in [-0.05, 0) is 32.4 Å². The van der Waals surface area contributed by atoms with E-state index in [2.05, 4.69) is 0 Å². The molecule has 4 heteroatoms. The number of phenolic OH excluding ortho intramolecular Hbond substituents is 1. The number of benzene rings is 1. The third-order valence-corrected chi connectivity index (χ3v) is 2.77. The molecule has 0 spiro atoms. The summed E-state index contributed by atoms with van der Waals surface area (Å²) in [6.45, 7) is 5.25. The summed E-state index contributed by atoms with van der Waals surface area (Å²) >= 11 is 0. The lowest BCUT2D eigenvalue weighted by atomic mass is 9.95. The summed E-state index contributed by atoms with van der Waals surface area (Å²) in [6.07, 6.45) is -0.871. The maximum atomic E-state index is 10.0. The minimum Gasteiger partial charge on any atom is -0.507 e. The number of methoxy groups -OCH3 is 1. The zero-order chi connectivity index (χ0) is 12.5. The van der Waals surface area contributed by atoms with Crippen molar-refractivity contribution in [1.82, 2.24) is 0 Å². The molecule has 0 fully saturated rings. The molecular formula is C12H19NO3. The average Bonchev–Trinajstić information content (AvgIpc) is 2.23. The van der Waals surface area contributed by atoms with Crippen LogP contribution in [0.25, 0.3) is 0 Å². The first-order valence-corrected chi connectivity index (χ1v) is 5.20. The molecule has 1 aromatic rings. The zero-order valence-corrected chi connectivity index (χ0v) is 10.1. The summed E-state index contributed by atoms with van der Waals surface area (Å²) in [5.74, 6) is 0.664. The van der Waals surface area contributed by atoms with Gasteiger partial charge in [0.15, 0.2) is 0 Å². The number of aryl methyl sites for hydroxylation is 1. The van der Waals surface area contributed by atoms with Crippen molar-refractivity contribution in [2.45, 2.75) is 32.9 Å². The van der Waals surface area contributed by atoms with E-state index in [9.17, 15) is 10.2 Å². The first kappa shape index (κ1) is 12.8. The van der Waals surface area contributed by atoms with Crippen molar-refractivity contribution >= 4 is 0 Å². The number of aromatic hydroxyl groups is 1. The third-order valence-electron chi connectivity index (χ3n) is 2.77. The Balaban J connectivity index is 3.36. The molecule has 0 aromatic heterocycles. The topological polar surface area (TPSA) is 75.7 Å². The molecule has 4 N–H and O–H groups in total. The number of aliphatic hydroxyl groups excluding tert-OH is 1. The summed E-state index contributed by atoms with van der Waals surface area (Å²) in [5, 5.41) is 19.9. The number of nitrogens with two attached hydrogens (primary N) is 1. The molecule has 0 aliphatic carbocycles. The predicted molar refractivity (Wildman–Crippen MR) is 62.7 cm³/mol. The first-order valence-electron chi connectivity index (χ1n) is 5.20. The molecule has 0 radical (unpaired) electrons. The van der Waals surface area contributed by atoms with E-state index in [0.717, 1.165) is 5.56 Å². The van der Waals surface area contributed by atoms with Crippen LogP contribution in [0.5, 0.6) is 11.5 Å². The van der Waals surface area contributed by atoms with Crippen LogP contribution in [0, 0.1) is 13.8 Å². The Kier molecular flexibility index (Phi) is 3.78. The minimum atomic E-state index is -0.871. The van der Waals surface area contributed by atoms with Crippen molar-refractivity contribution in [3.63, 3.8) is 0 Å². The molecule has 0 saturated heterocycles. The summed E-state index contributed by atoms with van der Waals surface area (Å²) in [6, 6.07) is 1.35. The Morgan fingerprint density at radius 2 is 1.94 bits per heavy atom. The molecule has 16 heavy (non-hydrogen) atoms. The third kappa shape index (κ3) is 2.13. The summed E-state index contributed by atoms with van der Waals surface area (Å²) < 4.78 is 5.13. The normalized spacial score (nSPS) is 14.6. The molecule has 0 aliphatic heterocycles. The molecule has 0 amide bonds. The van der Waals surface area contributed by atoms with Gasteiger partial charge >= 0.3 is 0 Å².